The fraction of sp³-hybridized carbons (Fsp3) is 0.280. The first-order valence-electron chi connectivity index (χ1n) is 10.7. The second kappa shape index (κ2) is 10.0. The maximum atomic E-state index is 12.6. The molecule has 4 rings (SSSR count). The number of piperazine rings is 1. The normalized spacial score (nSPS) is 13.7. The molecule has 7 nitrogen and oxygen atoms in total. The molecule has 1 aromatic heterocycles. The zero-order chi connectivity index (χ0) is 22.3. The molecule has 1 amide bonds. The highest BCUT2D eigenvalue weighted by Crippen LogP contribution is 2.19. The van der Waals surface area contributed by atoms with Gasteiger partial charge in [-0.05, 0) is 36.4 Å². The summed E-state index contributed by atoms with van der Waals surface area (Å²) in [6, 6.07) is 20.9. The Bertz CT molecular complexity index is 1040. The lowest BCUT2D eigenvalue weighted by atomic mass is 10.1. The van der Waals surface area contributed by atoms with Gasteiger partial charge in [-0.1, -0.05) is 30.3 Å². The Hall–Kier alpha value is -3.74. The first-order valence-corrected chi connectivity index (χ1v) is 10.7. The molecule has 7 heteroatoms. The molecule has 1 aliphatic rings. The minimum absolute atomic E-state index is 0.0111. The molecule has 0 bridgehead atoms. The molecule has 0 saturated carbocycles. The van der Waals surface area contributed by atoms with Gasteiger partial charge < -0.3 is 14.5 Å². The molecule has 0 atom stereocenters. The van der Waals surface area contributed by atoms with Crippen molar-refractivity contribution in [3.63, 3.8) is 0 Å². The molecule has 1 saturated heterocycles. The van der Waals surface area contributed by atoms with Crippen LogP contribution in [0.15, 0.2) is 66.7 Å². The zero-order valence-electron chi connectivity index (χ0n) is 18.1. The second-order valence-electron chi connectivity index (χ2n) is 7.66. The molecule has 2 heterocycles. The topological polar surface area (TPSA) is 75.6 Å². The van der Waals surface area contributed by atoms with Gasteiger partial charge in [-0.15, -0.1) is 10.2 Å². The molecule has 1 aliphatic heterocycles. The monoisotopic (exact) mass is 430 g/mol. The van der Waals surface area contributed by atoms with Gasteiger partial charge in [0.2, 0.25) is 5.91 Å². The minimum atomic E-state index is -0.0339. The van der Waals surface area contributed by atoms with Gasteiger partial charge in [0, 0.05) is 50.1 Å². The maximum absolute atomic E-state index is 12.6. The second-order valence-corrected chi connectivity index (χ2v) is 7.66. The van der Waals surface area contributed by atoms with E-state index in [1.165, 1.54) is 0 Å². The Morgan fingerprint density at radius 3 is 2.19 bits per heavy atom. The van der Waals surface area contributed by atoms with E-state index in [2.05, 4.69) is 15.1 Å². The number of aromatic nitrogens is 2. The van der Waals surface area contributed by atoms with Crippen LogP contribution in [0.5, 0.6) is 5.75 Å². The summed E-state index contributed by atoms with van der Waals surface area (Å²) in [5.74, 6) is 1.49. The van der Waals surface area contributed by atoms with Gasteiger partial charge in [0.05, 0.1) is 12.8 Å². The Morgan fingerprint density at radius 2 is 1.56 bits per heavy atom. The third-order valence-electron chi connectivity index (χ3n) is 5.65. The van der Waals surface area contributed by atoms with Crippen molar-refractivity contribution in [1.82, 2.24) is 15.1 Å². The molecule has 1 fully saturated rings. The lowest BCUT2D eigenvalue weighted by Gasteiger charge is -2.35. The smallest absolute Gasteiger partial charge is 0.223 e. The van der Waals surface area contributed by atoms with Crippen LogP contribution in [0.1, 0.15) is 23.2 Å². The number of nitrogens with zero attached hydrogens (tertiary/aromatic N) is 4. The van der Waals surface area contributed by atoms with Gasteiger partial charge in [0.15, 0.2) is 11.6 Å². The average molecular weight is 431 g/mol. The van der Waals surface area contributed by atoms with Gasteiger partial charge in [-0.2, -0.15) is 0 Å². The number of hydrogen-bond donors (Lipinski definition) is 0. The molecule has 164 valence electrons. The fourth-order valence-corrected chi connectivity index (χ4v) is 3.74. The maximum Gasteiger partial charge on any atom is 0.223 e. The average Bonchev–Trinajstić information content (AvgIpc) is 2.88. The largest absolute Gasteiger partial charge is 0.497 e. The van der Waals surface area contributed by atoms with E-state index in [0.29, 0.717) is 37.5 Å². The molecule has 3 aromatic rings. The molecule has 0 radical (unpaired) electrons. The Morgan fingerprint density at radius 1 is 0.844 bits per heavy atom. The van der Waals surface area contributed by atoms with Crippen LogP contribution in [0.4, 0.5) is 5.82 Å². The van der Waals surface area contributed by atoms with Crippen molar-refractivity contribution in [2.75, 3.05) is 38.2 Å². The van der Waals surface area contributed by atoms with Crippen molar-refractivity contribution in [1.29, 1.82) is 0 Å². The predicted molar refractivity (Wildman–Crippen MR) is 123 cm³/mol. The number of hydrogen-bond acceptors (Lipinski definition) is 6. The predicted octanol–water partition coefficient (Wildman–Crippen LogP) is 3.46. The molecule has 2 aromatic carbocycles. The summed E-state index contributed by atoms with van der Waals surface area (Å²) >= 11 is 0. The first kappa shape index (κ1) is 21.5. The van der Waals surface area contributed by atoms with Gasteiger partial charge in [-0.25, -0.2) is 0 Å². The van der Waals surface area contributed by atoms with Crippen molar-refractivity contribution < 1.29 is 14.3 Å². The van der Waals surface area contributed by atoms with Crippen LogP contribution in [0, 0.1) is 0 Å². The number of Topliss-reactive ketones (excluding diaryl/α,β-unsaturated/α-hetero) is 1. The van der Waals surface area contributed by atoms with Crippen LogP contribution in [-0.2, 0) is 4.79 Å². The molecular weight excluding hydrogens is 404 g/mol. The van der Waals surface area contributed by atoms with Crippen LogP contribution < -0.4 is 9.64 Å². The highest BCUT2D eigenvalue weighted by Gasteiger charge is 2.22. The van der Waals surface area contributed by atoms with Crippen molar-refractivity contribution in [2.45, 2.75) is 12.8 Å². The van der Waals surface area contributed by atoms with Gasteiger partial charge >= 0.3 is 0 Å². The SMILES string of the molecule is COc1ccc(C(=O)CCC(=O)N2CCN(c3ccc(-c4ccccc4)nn3)CC2)cc1. The Kier molecular flexibility index (Phi) is 6.75. The fourth-order valence-electron chi connectivity index (χ4n) is 3.74. The zero-order valence-corrected chi connectivity index (χ0v) is 18.1. The summed E-state index contributed by atoms with van der Waals surface area (Å²) in [6.45, 7) is 2.60. The number of ether oxygens (including phenoxy) is 1. The molecule has 0 aliphatic carbocycles. The lowest BCUT2D eigenvalue weighted by molar-refractivity contribution is -0.131. The summed E-state index contributed by atoms with van der Waals surface area (Å²) in [5.41, 5.74) is 2.47. The van der Waals surface area contributed by atoms with E-state index in [0.717, 1.165) is 17.1 Å². The molecule has 0 spiro atoms. The van der Waals surface area contributed by atoms with E-state index in [1.807, 2.05) is 47.4 Å². The number of amides is 1. The number of carbonyl (C=O) groups is 2. The number of carbonyl (C=O) groups excluding carboxylic acids is 2. The number of rotatable bonds is 7. The van der Waals surface area contributed by atoms with Crippen LogP contribution in [0.2, 0.25) is 0 Å². The molecule has 0 N–H and O–H groups in total. The Labute approximate surface area is 187 Å². The summed E-state index contributed by atoms with van der Waals surface area (Å²) in [4.78, 5) is 28.9. The van der Waals surface area contributed by atoms with Crippen molar-refractivity contribution in [3.05, 3.63) is 72.3 Å². The first-order chi connectivity index (χ1) is 15.6. The summed E-state index contributed by atoms with van der Waals surface area (Å²) < 4.78 is 5.11. The Balaban J connectivity index is 1.26. The van der Waals surface area contributed by atoms with Gasteiger partial charge in [0.25, 0.3) is 0 Å². The van der Waals surface area contributed by atoms with E-state index in [4.69, 9.17) is 4.74 Å². The number of anilines is 1. The number of benzene rings is 2. The third-order valence-corrected chi connectivity index (χ3v) is 5.65. The van der Waals surface area contributed by atoms with Crippen LogP contribution in [0.3, 0.4) is 0 Å². The standard InChI is InChI=1S/C25H26N4O3/c1-32-21-9-7-20(8-10-21)23(30)12-14-25(31)29-17-15-28(16-18-29)24-13-11-22(26-27-24)19-5-3-2-4-6-19/h2-11,13H,12,14-18H2,1H3. The van der Waals surface area contributed by atoms with Crippen molar-refractivity contribution in [3.8, 4) is 17.0 Å². The molecular formula is C25H26N4O3. The minimum Gasteiger partial charge on any atom is -0.497 e. The molecule has 32 heavy (non-hydrogen) atoms. The van der Waals surface area contributed by atoms with Crippen molar-refractivity contribution >= 4 is 17.5 Å². The van der Waals surface area contributed by atoms with E-state index < -0.39 is 0 Å². The highest BCUT2D eigenvalue weighted by atomic mass is 16.5. The summed E-state index contributed by atoms with van der Waals surface area (Å²) in [5, 5.41) is 8.72. The van der Waals surface area contributed by atoms with E-state index in [1.54, 1.807) is 31.4 Å². The molecule has 0 unspecified atom stereocenters. The summed E-state index contributed by atoms with van der Waals surface area (Å²) in [7, 11) is 1.58. The highest BCUT2D eigenvalue weighted by molar-refractivity contribution is 5.98. The van der Waals surface area contributed by atoms with Crippen LogP contribution in [-0.4, -0.2) is 60.1 Å². The van der Waals surface area contributed by atoms with Crippen molar-refractivity contribution in [2.24, 2.45) is 0 Å². The lowest BCUT2D eigenvalue weighted by Crippen LogP contribution is -2.49. The van der Waals surface area contributed by atoms with E-state index >= 15 is 0 Å². The summed E-state index contributed by atoms with van der Waals surface area (Å²) in [6.07, 6.45) is 0.425. The van der Waals surface area contributed by atoms with E-state index in [-0.39, 0.29) is 24.5 Å². The van der Waals surface area contributed by atoms with E-state index in [9.17, 15) is 9.59 Å². The quantitative estimate of drug-likeness (QED) is 0.535. The third kappa shape index (κ3) is 5.11. The van der Waals surface area contributed by atoms with Gasteiger partial charge in [-0.3, -0.25) is 9.59 Å². The van der Waals surface area contributed by atoms with Gasteiger partial charge in [0.1, 0.15) is 5.75 Å². The van der Waals surface area contributed by atoms with Crippen LogP contribution in [0.25, 0.3) is 11.3 Å². The number of ketones is 1. The van der Waals surface area contributed by atoms with Crippen LogP contribution >= 0.6 is 0 Å². The number of methoxy groups -OCH3 is 1.